The second-order valence-corrected chi connectivity index (χ2v) is 6.89. The molecule has 4 atom stereocenters. The lowest BCUT2D eigenvalue weighted by molar-refractivity contribution is -0.0389. The normalized spacial score (nSPS) is 38.7. The Hall–Kier alpha value is -1.17. The largest absolute Gasteiger partial charge is 0.466 e. The average molecular weight is 280 g/mol. The zero-order valence-corrected chi connectivity index (χ0v) is 11.9. The van der Waals surface area contributed by atoms with Gasteiger partial charge < -0.3 is 19.7 Å². The maximum Gasteiger partial charge on any atom is 0.172 e. The summed E-state index contributed by atoms with van der Waals surface area (Å²) in [6.07, 6.45) is 1.05. The molecule has 2 aliphatic carbocycles. The summed E-state index contributed by atoms with van der Waals surface area (Å²) >= 11 is 0. The van der Waals surface area contributed by atoms with Crippen molar-refractivity contribution in [2.75, 3.05) is 0 Å². The summed E-state index contributed by atoms with van der Waals surface area (Å²) in [5.41, 5.74) is -1.03. The maximum atomic E-state index is 12.6. The molecule has 1 fully saturated rings. The van der Waals surface area contributed by atoms with Crippen LogP contribution in [-0.4, -0.2) is 27.2 Å². The molecule has 5 heteroatoms. The third-order valence-electron chi connectivity index (χ3n) is 5.13. The molecular weight excluding hydrogens is 260 g/mol. The molecule has 1 heterocycles. The molecule has 0 amide bonds. The van der Waals surface area contributed by atoms with Crippen LogP contribution < -0.4 is 0 Å². The molecule has 0 aliphatic heterocycles. The van der Waals surface area contributed by atoms with Crippen LogP contribution in [0.4, 0.5) is 0 Å². The Bertz CT molecular complexity index is 569. The molecule has 0 radical (unpaired) electrons. The number of fused-ring (bicyclic) bond motifs is 2. The van der Waals surface area contributed by atoms with Gasteiger partial charge >= 0.3 is 0 Å². The SMILES string of the molecule is CC1(C)C[C@@H]2[C@@H](C(=O)c3coc(CO)c3[C@]2(C)O)[C@H]1O. The minimum absolute atomic E-state index is 0.196. The number of furan rings is 1. The third kappa shape index (κ3) is 1.51. The summed E-state index contributed by atoms with van der Waals surface area (Å²) in [5, 5.41) is 30.7. The highest BCUT2D eigenvalue weighted by Gasteiger charge is 2.61. The Morgan fingerprint density at radius 2 is 2.05 bits per heavy atom. The molecule has 0 bridgehead atoms. The van der Waals surface area contributed by atoms with Gasteiger partial charge in [-0.15, -0.1) is 0 Å². The van der Waals surface area contributed by atoms with Gasteiger partial charge in [0.2, 0.25) is 0 Å². The predicted octanol–water partition coefficient (Wildman–Crippen LogP) is 1.20. The van der Waals surface area contributed by atoms with E-state index in [1.807, 2.05) is 13.8 Å². The number of aliphatic hydroxyl groups excluding tert-OH is 2. The molecule has 1 aromatic heterocycles. The van der Waals surface area contributed by atoms with Gasteiger partial charge in [-0.25, -0.2) is 0 Å². The Balaban J connectivity index is 2.19. The molecule has 20 heavy (non-hydrogen) atoms. The Kier molecular flexibility index (Phi) is 2.71. The molecule has 1 saturated carbocycles. The van der Waals surface area contributed by atoms with Crippen molar-refractivity contribution < 1.29 is 24.5 Å². The van der Waals surface area contributed by atoms with Crippen molar-refractivity contribution in [3.05, 3.63) is 23.2 Å². The first-order valence-electron chi connectivity index (χ1n) is 6.88. The number of carbonyl (C=O) groups is 1. The van der Waals surface area contributed by atoms with Crippen molar-refractivity contribution >= 4 is 5.78 Å². The smallest absolute Gasteiger partial charge is 0.172 e. The lowest BCUT2D eigenvalue weighted by atomic mass is 9.68. The van der Waals surface area contributed by atoms with Crippen LogP contribution in [0.15, 0.2) is 10.7 Å². The van der Waals surface area contributed by atoms with E-state index in [4.69, 9.17) is 4.42 Å². The quantitative estimate of drug-likeness (QED) is 0.719. The summed E-state index contributed by atoms with van der Waals surface area (Å²) in [6, 6.07) is 0. The number of carbonyl (C=O) groups excluding carboxylic acids is 1. The molecule has 5 nitrogen and oxygen atoms in total. The van der Waals surface area contributed by atoms with Crippen LogP contribution in [0, 0.1) is 17.3 Å². The highest BCUT2D eigenvalue weighted by Crippen LogP contribution is 2.57. The van der Waals surface area contributed by atoms with Crippen LogP contribution in [0.2, 0.25) is 0 Å². The first-order valence-corrected chi connectivity index (χ1v) is 6.88. The van der Waals surface area contributed by atoms with Crippen LogP contribution in [0.3, 0.4) is 0 Å². The number of ketones is 1. The standard InChI is InChI=1S/C15H20O5/c1-14(2)4-8-10(13(14)18)12(17)7-6-20-9(5-16)11(7)15(8,3)19/h6,8,10,13,16,18-19H,4-5H2,1-3H3/t8-,10+,13-,15-/m1/s1. The lowest BCUT2D eigenvalue weighted by Crippen LogP contribution is -2.46. The van der Waals surface area contributed by atoms with Crippen LogP contribution in [-0.2, 0) is 12.2 Å². The van der Waals surface area contributed by atoms with Crippen molar-refractivity contribution in [2.24, 2.45) is 17.3 Å². The monoisotopic (exact) mass is 280 g/mol. The van der Waals surface area contributed by atoms with E-state index in [2.05, 4.69) is 0 Å². The van der Waals surface area contributed by atoms with Gasteiger partial charge in [0.15, 0.2) is 5.78 Å². The summed E-state index contributed by atoms with van der Waals surface area (Å²) in [6.45, 7) is 5.09. The summed E-state index contributed by atoms with van der Waals surface area (Å²) in [5.74, 6) is -0.943. The summed E-state index contributed by atoms with van der Waals surface area (Å²) in [7, 11) is 0. The minimum atomic E-state index is -1.28. The molecule has 2 aliphatic rings. The second-order valence-electron chi connectivity index (χ2n) is 6.89. The maximum absolute atomic E-state index is 12.6. The molecule has 3 rings (SSSR count). The van der Waals surface area contributed by atoms with E-state index in [0.29, 0.717) is 12.0 Å². The van der Waals surface area contributed by atoms with Gasteiger partial charge in [-0.05, 0) is 18.8 Å². The predicted molar refractivity (Wildman–Crippen MR) is 69.9 cm³/mol. The van der Waals surface area contributed by atoms with Crippen LogP contribution in [0.25, 0.3) is 0 Å². The Morgan fingerprint density at radius 3 is 2.65 bits per heavy atom. The minimum Gasteiger partial charge on any atom is -0.466 e. The van der Waals surface area contributed by atoms with E-state index >= 15 is 0 Å². The van der Waals surface area contributed by atoms with Crippen molar-refractivity contribution in [3.63, 3.8) is 0 Å². The summed E-state index contributed by atoms with van der Waals surface area (Å²) < 4.78 is 5.21. The van der Waals surface area contributed by atoms with Gasteiger partial charge in [0.1, 0.15) is 18.6 Å². The van der Waals surface area contributed by atoms with Crippen molar-refractivity contribution in [2.45, 2.75) is 45.5 Å². The van der Waals surface area contributed by atoms with Gasteiger partial charge in [-0.3, -0.25) is 4.79 Å². The molecule has 0 saturated heterocycles. The molecule has 0 spiro atoms. The van der Waals surface area contributed by atoms with E-state index in [0.717, 1.165) is 0 Å². The van der Waals surface area contributed by atoms with E-state index < -0.39 is 23.0 Å². The number of hydrogen-bond donors (Lipinski definition) is 3. The van der Waals surface area contributed by atoms with E-state index in [1.165, 1.54) is 6.26 Å². The van der Waals surface area contributed by atoms with E-state index in [-0.39, 0.29) is 29.6 Å². The molecule has 1 aromatic rings. The lowest BCUT2D eigenvalue weighted by Gasteiger charge is -2.38. The van der Waals surface area contributed by atoms with Crippen molar-refractivity contribution in [1.82, 2.24) is 0 Å². The van der Waals surface area contributed by atoms with Gasteiger partial charge in [0.25, 0.3) is 0 Å². The zero-order valence-electron chi connectivity index (χ0n) is 11.9. The molecule has 3 N–H and O–H groups in total. The van der Waals surface area contributed by atoms with E-state index in [9.17, 15) is 20.1 Å². The van der Waals surface area contributed by atoms with Crippen molar-refractivity contribution in [1.29, 1.82) is 0 Å². The first kappa shape index (κ1) is 13.8. The number of aliphatic hydroxyl groups is 3. The van der Waals surface area contributed by atoms with Crippen LogP contribution in [0.5, 0.6) is 0 Å². The second kappa shape index (κ2) is 3.93. The van der Waals surface area contributed by atoms with Crippen LogP contribution >= 0.6 is 0 Å². The number of rotatable bonds is 1. The number of hydrogen-bond acceptors (Lipinski definition) is 5. The fraction of sp³-hybridized carbons (Fsp3) is 0.667. The topological polar surface area (TPSA) is 90.9 Å². The van der Waals surface area contributed by atoms with Gasteiger partial charge in [-0.2, -0.15) is 0 Å². The molecule has 110 valence electrons. The molecular formula is C15H20O5. The fourth-order valence-corrected chi connectivity index (χ4v) is 4.01. The highest BCUT2D eigenvalue weighted by molar-refractivity contribution is 6.01. The van der Waals surface area contributed by atoms with Crippen LogP contribution in [0.1, 0.15) is 48.9 Å². The fourth-order valence-electron chi connectivity index (χ4n) is 4.01. The van der Waals surface area contributed by atoms with Gasteiger partial charge in [0, 0.05) is 11.5 Å². The average Bonchev–Trinajstić information content (AvgIpc) is 2.89. The Labute approximate surface area is 117 Å². The van der Waals surface area contributed by atoms with Gasteiger partial charge in [-0.1, -0.05) is 13.8 Å². The van der Waals surface area contributed by atoms with E-state index in [1.54, 1.807) is 6.92 Å². The number of Topliss-reactive ketones (excluding diaryl/α,β-unsaturated/α-hetero) is 1. The zero-order chi connectivity index (χ0) is 14.9. The third-order valence-corrected chi connectivity index (χ3v) is 5.13. The highest BCUT2D eigenvalue weighted by atomic mass is 16.4. The van der Waals surface area contributed by atoms with Crippen molar-refractivity contribution in [3.8, 4) is 0 Å². The summed E-state index contributed by atoms with van der Waals surface area (Å²) in [4.78, 5) is 12.6. The molecule has 0 aromatic carbocycles. The first-order chi connectivity index (χ1) is 9.21. The Morgan fingerprint density at radius 1 is 1.40 bits per heavy atom. The molecule has 0 unspecified atom stereocenters. The van der Waals surface area contributed by atoms with Gasteiger partial charge in [0.05, 0.1) is 23.2 Å².